The van der Waals surface area contributed by atoms with Crippen LogP contribution in [0.25, 0.3) is 0 Å². The Kier molecular flexibility index (Phi) is 4.52. The lowest BCUT2D eigenvalue weighted by Crippen LogP contribution is -2.26. The van der Waals surface area contributed by atoms with Crippen LogP contribution in [0.3, 0.4) is 0 Å². The van der Waals surface area contributed by atoms with E-state index in [0.717, 1.165) is 12.0 Å². The van der Waals surface area contributed by atoms with E-state index < -0.39 is 0 Å². The number of rotatable bonds is 4. The summed E-state index contributed by atoms with van der Waals surface area (Å²) in [5, 5.41) is 2.69. The molecule has 110 valence electrons. The number of anilines is 1. The molecule has 1 amide bonds. The summed E-state index contributed by atoms with van der Waals surface area (Å²) < 4.78 is 1.31. The number of nitrogens with one attached hydrogen (secondary N) is 1. The van der Waals surface area contributed by atoms with Crippen molar-refractivity contribution in [2.45, 2.75) is 26.2 Å². The lowest BCUT2D eigenvalue weighted by atomic mass is 9.98. The van der Waals surface area contributed by atoms with Gasteiger partial charge in [0, 0.05) is 19.3 Å². The molecule has 0 radical (unpaired) electrons. The summed E-state index contributed by atoms with van der Waals surface area (Å²) in [6, 6.07) is 9.31. The number of carbonyl (C=O) groups is 1. The third kappa shape index (κ3) is 3.37. The molecular formula is C16H19N3O2. The summed E-state index contributed by atoms with van der Waals surface area (Å²) in [4.78, 5) is 27.8. The number of benzene rings is 1. The van der Waals surface area contributed by atoms with E-state index in [9.17, 15) is 9.59 Å². The van der Waals surface area contributed by atoms with Crippen molar-refractivity contribution in [3.05, 3.63) is 58.0 Å². The van der Waals surface area contributed by atoms with E-state index >= 15 is 0 Å². The first kappa shape index (κ1) is 15.0. The molecule has 1 atom stereocenters. The summed E-state index contributed by atoms with van der Waals surface area (Å²) >= 11 is 0. The highest BCUT2D eigenvalue weighted by Crippen LogP contribution is 2.17. The molecule has 1 aromatic heterocycles. The standard InChI is InChI=1S/C16H19N3O2/c1-4-12-5-7-13(8-6-12)11(2)15(21)18-16-17-10-9-14(20)19(16)3/h5-11H,4H2,1-3H3,(H,17,18,21)/t11-/m1/s1. The molecule has 2 aromatic rings. The first-order valence-electron chi connectivity index (χ1n) is 6.94. The van der Waals surface area contributed by atoms with Crippen LogP contribution in [-0.2, 0) is 18.3 Å². The van der Waals surface area contributed by atoms with Crippen molar-refractivity contribution in [3.63, 3.8) is 0 Å². The van der Waals surface area contributed by atoms with Crippen molar-refractivity contribution in [1.29, 1.82) is 0 Å². The fourth-order valence-electron chi connectivity index (χ4n) is 2.00. The van der Waals surface area contributed by atoms with Crippen LogP contribution >= 0.6 is 0 Å². The molecule has 0 aliphatic carbocycles. The molecule has 2 rings (SSSR count). The minimum absolute atomic E-state index is 0.187. The molecule has 0 saturated carbocycles. The highest BCUT2D eigenvalue weighted by molar-refractivity contribution is 5.94. The fourth-order valence-corrected chi connectivity index (χ4v) is 2.00. The Morgan fingerprint density at radius 3 is 2.57 bits per heavy atom. The first-order chi connectivity index (χ1) is 10.0. The summed E-state index contributed by atoms with van der Waals surface area (Å²) in [5.41, 5.74) is 1.96. The van der Waals surface area contributed by atoms with Crippen LogP contribution in [0.15, 0.2) is 41.3 Å². The van der Waals surface area contributed by atoms with E-state index in [0.29, 0.717) is 0 Å². The number of nitrogens with zero attached hydrogens (tertiary/aromatic N) is 2. The van der Waals surface area contributed by atoms with Crippen molar-refractivity contribution in [2.24, 2.45) is 7.05 Å². The zero-order chi connectivity index (χ0) is 15.4. The Balaban J connectivity index is 2.15. The van der Waals surface area contributed by atoms with Crippen LogP contribution in [0.4, 0.5) is 5.95 Å². The Morgan fingerprint density at radius 2 is 1.95 bits per heavy atom. The molecule has 1 heterocycles. The number of carbonyl (C=O) groups excluding carboxylic acids is 1. The van der Waals surface area contributed by atoms with Gasteiger partial charge in [0.15, 0.2) is 0 Å². The Hall–Kier alpha value is -2.43. The zero-order valence-corrected chi connectivity index (χ0v) is 12.5. The molecular weight excluding hydrogens is 266 g/mol. The van der Waals surface area contributed by atoms with E-state index in [1.54, 1.807) is 7.05 Å². The molecule has 0 unspecified atom stereocenters. The van der Waals surface area contributed by atoms with Gasteiger partial charge in [0.25, 0.3) is 5.56 Å². The van der Waals surface area contributed by atoms with E-state index in [2.05, 4.69) is 17.2 Å². The minimum Gasteiger partial charge on any atom is -0.295 e. The quantitative estimate of drug-likeness (QED) is 0.935. The van der Waals surface area contributed by atoms with Gasteiger partial charge in [0.1, 0.15) is 0 Å². The largest absolute Gasteiger partial charge is 0.295 e. The van der Waals surface area contributed by atoms with Crippen LogP contribution in [0, 0.1) is 0 Å². The van der Waals surface area contributed by atoms with Crippen molar-refractivity contribution in [1.82, 2.24) is 9.55 Å². The van der Waals surface area contributed by atoms with Gasteiger partial charge in [-0.25, -0.2) is 4.98 Å². The van der Waals surface area contributed by atoms with Gasteiger partial charge in [0.2, 0.25) is 11.9 Å². The highest BCUT2D eigenvalue weighted by atomic mass is 16.2. The van der Waals surface area contributed by atoms with Crippen LogP contribution in [0.5, 0.6) is 0 Å². The molecule has 0 fully saturated rings. The second-order valence-electron chi connectivity index (χ2n) is 4.97. The summed E-state index contributed by atoms with van der Waals surface area (Å²) in [6.45, 7) is 3.92. The monoisotopic (exact) mass is 285 g/mol. The average molecular weight is 285 g/mol. The lowest BCUT2D eigenvalue weighted by Gasteiger charge is -2.14. The van der Waals surface area contributed by atoms with Gasteiger partial charge in [-0.15, -0.1) is 0 Å². The third-order valence-corrected chi connectivity index (χ3v) is 3.58. The predicted octanol–water partition coefficient (Wildman–Crippen LogP) is 2.08. The minimum atomic E-state index is -0.312. The van der Waals surface area contributed by atoms with Gasteiger partial charge in [-0.3, -0.25) is 19.5 Å². The normalized spacial score (nSPS) is 12.0. The number of amides is 1. The highest BCUT2D eigenvalue weighted by Gasteiger charge is 2.16. The van der Waals surface area contributed by atoms with E-state index in [1.807, 2.05) is 31.2 Å². The molecule has 0 spiro atoms. The van der Waals surface area contributed by atoms with E-state index in [-0.39, 0.29) is 23.3 Å². The van der Waals surface area contributed by atoms with Gasteiger partial charge >= 0.3 is 0 Å². The Morgan fingerprint density at radius 1 is 1.29 bits per heavy atom. The molecule has 21 heavy (non-hydrogen) atoms. The Labute approximate surface area is 123 Å². The van der Waals surface area contributed by atoms with Gasteiger partial charge in [-0.05, 0) is 24.5 Å². The summed E-state index contributed by atoms with van der Waals surface area (Å²) in [6.07, 6.45) is 2.36. The topological polar surface area (TPSA) is 64.0 Å². The predicted molar refractivity (Wildman–Crippen MR) is 82.3 cm³/mol. The zero-order valence-electron chi connectivity index (χ0n) is 12.5. The average Bonchev–Trinajstić information content (AvgIpc) is 2.51. The second kappa shape index (κ2) is 6.35. The maximum Gasteiger partial charge on any atom is 0.254 e. The molecule has 1 aromatic carbocycles. The van der Waals surface area contributed by atoms with Gasteiger partial charge in [-0.1, -0.05) is 31.2 Å². The number of aryl methyl sites for hydroxylation is 1. The third-order valence-electron chi connectivity index (χ3n) is 3.58. The lowest BCUT2D eigenvalue weighted by molar-refractivity contribution is -0.117. The van der Waals surface area contributed by atoms with Gasteiger partial charge in [0.05, 0.1) is 5.92 Å². The SMILES string of the molecule is CCc1ccc([C@@H](C)C(=O)Nc2nccc(=O)n2C)cc1. The van der Waals surface area contributed by atoms with Crippen molar-refractivity contribution < 1.29 is 4.79 Å². The van der Waals surface area contributed by atoms with Crippen molar-refractivity contribution >= 4 is 11.9 Å². The summed E-state index contributed by atoms with van der Waals surface area (Å²) in [5.74, 6) is -0.245. The number of hydrogen-bond acceptors (Lipinski definition) is 3. The van der Waals surface area contributed by atoms with Crippen molar-refractivity contribution in [2.75, 3.05) is 5.32 Å². The molecule has 0 saturated heterocycles. The molecule has 5 heteroatoms. The van der Waals surface area contributed by atoms with Crippen LogP contribution in [-0.4, -0.2) is 15.5 Å². The molecule has 1 N–H and O–H groups in total. The molecule has 0 bridgehead atoms. The molecule has 5 nitrogen and oxygen atoms in total. The maximum absolute atomic E-state index is 12.3. The van der Waals surface area contributed by atoms with Gasteiger partial charge in [-0.2, -0.15) is 0 Å². The molecule has 0 aliphatic heterocycles. The maximum atomic E-state index is 12.3. The van der Waals surface area contributed by atoms with Gasteiger partial charge < -0.3 is 0 Å². The fraction of sp³-hybridized carbons (Fsp3) is 0.312. The molecule has 0 aliphatic rings. The van der Waals surface area contributed by atoms with Crippen LogP contribution < -0.4 is 10.9 Å². The van der Waals surface area contributed by atoms with E-state index in [4.69, 9.17) is 0 Å². The van der Waals surface area contributed by atoms with Crippen LogP contribution in [0.2, 0.25) is 0 Å². The van der Waals surface area contributed by atoms with Crippen LogP contribution in [0.1, 0.15) is 30.9 Å². The van der Waals surface area contributed by atoms with Crippen molar-refractivity contribution in [3.8, 4) is 0 Å². The Bertz CT molecular complexity index is 689. The second-order valence-corrected chi connectivity index (χ2v) is 4.97. The first-order valence-corrected chi connectivity index (χ1v) is 6.94. The summed E-state index contributed by atoms with van der Waals surface area (Å²) in [7, 11) is 1.58. The smallest absolute Gasteiger partial charge is 0.254 e. The van der Waals surface area contributed by atoms with E-state index in [1.165, 1.54) is 22.4 Å². The number of hydrogen-bond donors (Lipinski definition) is 1. The number of aromatic nitrogens is 2.